The summed E-state index contributed by atoms with van der Waals surface area (Å²) in [6, 6.07) is 7.77. The molecule has 1 aliphatic rings. The maximum Gasteiger partial charge on any atom is 0.228 e. The van der Waals surface area contributed by atoms with E-state index in [0.29, 0.717) is 6.42 Å². The number of rotatable bonds is 3. The lowest BCUT2D eigenvalue weighted by Crippen LogP contribution is -2.03. The molecule has 1 aromatic carbocycles. The van der Waals surface area contributed by atoms with Gasteiger partial charge < -0.3 is 9.73 Å². The Hall–Kier alpha value is -1.74. The molecule has 0 saturated carbocycles. The molecule has 3 rings (SSSR count). The average molecular weight is 276 g/mol. The summed E-state index contributed by atoms with van der Waals surface area (Å²) in [5, 5.41) is 2.58. The fourth-order valence-corrected chi connectivity index (χ4v) is 2.78. The van der Waals surface area contributed by atoms with Crippen LogP contribution in [0.1, 0.15) is 34.8 Å². The number of hydrogen-bond donors (Lipinski definition) is 1. The zero-order valence-corrected chi connectivity index (χ0v) is 11.3. The molecule has 0 aliphatic carbocycles. The molecule has 1 atom stereocenters. The Morgan fingerprint density at radius 2 is 2.26 bits per heavy atom. The molecular weight excluding hydrogens is 262 g/mol. The fourth-order valence-electron chi connectivity index (χ4n) is 2.45. The van der Waals surface area contributed by atoms with Crippen molar-refractivity contribution in [3.8, 4) is 0 Å². The van der Waals surface area contributed by atoms with Crippen molar-refractivity contribution in [3.63, 3.8) is 0 Å². The van der Waals surface area contributed by atoms with Gasteiger partial charge in [-0.1, -0.05) is 19.1 Å². The van der Waals surface area contributed by atoms with Gasteiger partial charge >= 0.3 is 0 Å². The van der Waals surface area contributed by atoms with Gasteiger partial charge in [0.05, 0.1) is 18.1 Å². The predicted molar refractivity (Wildman–Crippen MR) is 74.6 cm³/mol. The number of furan rings is 1. The van der Waals surface area contributed by atoms with Crippen molar-refractivity contribution in [2.24, 2.45) is 0 Å². The van der Waals surface area contributed by atoms with Crippen LogP contribution in [-0.2, 0) is 17.6 Å². The molecule has 0 spiro atoms. The van der Waals surface area contributed by atoms with Gasteiger partial charge in [0.1, 0.15) is 5.76 Å². The van der Waals surface area contributed by atoms with Crippen molar-refractivity contribution in [2.45, 2.75) is 25.1 Å². The van der Waals surface area contributed by atoms with E-state index in [1.54, 1.807) is 6.26 Å². The van der Waals surface area contributed by atoms with Crippen LogP contribution in [0.3, 0.4) is 0 Å². The number of carbonyl (C=O) groups excluding carboxylic acids is 1. The maximum absolute atomic E-state index is 11.4. The Morgan fingerprint density at radius 1 is 1.42 bits per heavy atom. The molecule has 19 heavy (non-hydrogen) atoms. The van der Waals surface area contributed by atoms with Gasteiger partial charge in [0.15, 0.2) is 0 Å². The first kappa shape index (κ1) is 12.3. The third kappa shape index (κ3) is 2.15. The highest BCUT2D eigenvalue weighted by atomic mass is 35.5. The summed E-state index contributed by atoms with van der Waals surface area (Å²) < 4.78 is 5.42. The lowest BCUT2D eigenvalue weighted by atomic mass is 10.0. The van der Waals surface area contributed by atoms with Gasteiger partial charge in [-0.15, -0.1) is 11.6 Å². The van der Waals surface area contributed by atoms with Gasteiger partial charge in [-0.3, -0.25) is 4.79 Å². The third-order valence-electron chi connectivity index (χ3n) is 3.42. The van der Waals surface area contributed by atoms with Crippen molar-refractivity contribution in [1.82, 2.24) is 0 Å². The van der Waals surface area contributed by atoms with Crippen LogP contribution in [0.4, 0.5) is 5.69 Å². The van der Waals surface area contributed by atoms with Crippen LogP contribution in [0.2, 0.25) is 0 Å². The summed E-state index contributed by atoms with van der Waals surface area (Å²) in [5.74, 6) is 0.950. The number of nitrogens with one attached hydrogen (secondary N) is 1. The number of alkyl halides is 1. The van der Waals surface area contributed by atoms with Crippen molar-refractivity contribution < 1.29 is 9.21 Å². The molecule has 1 aromatic heterocycles. The quantitative estimate of drug-likeness (QED) is 0.869. The lowest BCUT2D eigenvalue weighted by Gasteiger charge is -2.11. The molecule has 0 fully saturated rings. The van der Waals surface area contributed by atoms with Crippen LogP contribution < -0.4 is 5.32 Å². The van der Waals surface area contributed by atoms with E-state index >= 15 is 0 Å². The fraction of sp³-hybridized carbons (Fsp3) is 0.267. The molecule has 98 valence electrons. The Labute approximate surface area is 116 Å². The average Bonchev–Trinajstić information content (AvgIpc) is 3.01. The number of anilines is 1. The minimum atomic E-state index is -0.241. The van der Waals surface area contributed by atoms with Gasteiger partial charge in [0, 0.05) is 17.7 Å². The van der Waals surface area contributed by atoms with E-state index < -0.39 is 0 Å². The second-order valence-electron chi connectivity index (χ2n) is 4.66. The highest BCUT2D eigenvalue weighted by molar-refractivity contribution is 6.22. The molecule has 2 heterocycles. The van der Waals surface area contributed by atoms with Gasteiger partial charge in [0.2, 0.25) is 5.91 Å². The molecule has 2 aromatic rings. The number of carbonyl (C=O) groups is 1. The second kappa shape index (κ2) is 4.74. The minimum Gasteiger partial charge on any atom is -0.469 e. The summed E-state index contributed by atoms with van der Waals surface area (Å²) in [6.45, 7) is 2.04. The van der Waals surface area contributed by atoms with Crippen LogP contribution in [0.5, 0.6) is 0 Å². The van der Waals surface area contributed by atoms with E-state index in [0.717, 1.165) is 34.6 Å². The third-order valence-corrected chi connectivity index (χ3v) is 3.91. The van der Waals surface area contributed by atoms with E-state index in [1.807, 2.05) is 31.2 Å². The highest BCUT2D eigenvalue weighted by Crippen LogP contribution is 2.35. The van der Waals surface area contributed by atoms with Crippen LogP contribution in [-0.4, -0.2) is 5.91 Å². The second-order valence-corrected chi connectivity index (χ2v) is 5.09. The summed E-state index contributed by atoms with van der Waals surface area (Å²) in [5.41, 5.74) is 3.89. The molecule has 1 aliphatic heterocycles. The Kier molecular flexibility index (Phi) is 3.07. The van der Waals surface area contributed by atoms with Gasteiger partial charge in [-0.05, 0) is 23.3 Å². The SMILES string of the molecule is CCc1occc1C(Cl)c1ccc2c(c1)CC(=O)N2. The normalized spacial score (nSPS) is 15.2. The van der Waals surface area contributed by atoms with E-state index in [9.17, 15) is 4.79 Å². The maximum atomic E-state index is 11.4. The van der Waals surface area contributed by atoms with E-state index in [4.69, 9.17) is 16.0 Å². The molecule has 1 unspecified atom stereocenters. The Morgan fingerprint density at radius 3 is 3.05 bits per heavy atom. The van der Waals surface area contributed by atoms with Gasteiger partial charge in [0.25, 0.3) is 0 Å². The molecule has 4 heteroatoms. The first-order chi connectivity index (χ1) is 9.19. The first-order valence-corrected chi connectivity index (χ1v) is 6.75. The van der Waals surface area contributed by atoms with E-state index in [2.05, 4.69) is 5.32 Å². The van der Waals surface area contributed by atoms with Crippen LogP contribution in [0.15, 0.2) is 34.9 Å². The Bertz CT molecular complexity index is 633. The van der Waals surface area contributed by atoms with Crippen molar-refractivity contribution in [2.75, 3.05) is 5.32 Å². The number of halogens is 1. The number of aryl methyl sites for hydroxylation is 1. The number of amides is 1. The van der Waals surface area contributed by atoms with E-state index in [-0.39, 0.29) is 11.3 Å². The summed E-state index contributed by atoms with van der Waals surface area (Å²) in [4.78, 5) is 11.4. The Balaban J connectivity index is 1.95. The molecule has 0 bridgehead atoms. The molecule has 0 radical (unpaired) electrons. The summed E-state index contributed by atoms with van der Waals surface area (Å²) in [6.07, 6.45) is 2.91. The molecule has 1 amide bonds. The molecular formula is C15H14ClNO2. The number of benzene rings is 1. The van der Waals surface area contributed by atoms with Gasteiger partial charge in [-0.2, -0.15) is 0 Å². The monoisotopic (exact) mass is 275 g/mol. The van der Waals surface area contributed by atoms with Crippen molar-refractivity contribution in [3.05, 3.63) is 53.0 Å². The summed E-state index contributed by atoms with van der Waals surface area (Å²) in [7, 11) is 0. The lowest BCUT2D eigenvalue weighted by molar-refractivity contribution is -0.115. The predicted octanol–water partition coefficient (Wildman–Crippen LogP) is 3.66. The largest absolute Gasteiger partial charge is 0.469 e. The van der Waals surface area contributed by atoms with E-state index in [1.165, 1.54) is 0 Å². The molecule has 0 saturated heterocycles. The molecule has 1 N–H and O–H groups in total. The smallest absolute Gasteiger partial charge is 0.228 e. The number of hydrogen-bond acceptors (Lipinski definition) is 2. The standard InChI is InChI=1S/C15H14ClNO2/c1-2-13-11(5-6-19-13)15(16)9-3-4-12-10(7-9)8-14(18)17-12/h3-7,15H,2,8H2,1H3,(H,17,18). The van der Waals surface area contributed by atoms with Crippen LogP contribution in [0, 0.1) is 0 Å². The van der Waals surface area contributed by atoms with Crippen molar-refractivity contribution >= 4 is 23.2 Å². The van der Waals surface area contributed by atoms with Crippen molar-refractivity contribution in [1.29, 1.82) is 0 Å². The number of fused-ring (bicyclic) bond motifs is 1. The molecule has 3 nitrogen and oxygen atoms in total. The topological polar surface area (TPSA) is 42.2 Å². The first-order valence-electron chi connectivity index (χ1n) is 6.32. The minimum absolute atomic E-state index is 0.0378. The summed E-state index contributed by atoms with van der Waals surface area (Å²) >= 11 is 6.53. The van der Waals surface area contributed by atoms with Crippen LogP contribution in [0.25, 0.3) is 0 Å². The van der Waals surface area contributed by atoms with Crippen LogP contribution >= 0.6 is 11.6 Å². The zero-order chi connectivity index (χ0) is 13.4. The highest BCUT2D eigenvalue weighted by Gasteiger charge is 2.21. The zero-order valence-electron chi connectivity index (χ0n) is 10.6. The van der Waals surface area contributed by atoms with Gasteiger partial charge in [-0.25, -0.2) is 0 Å².